The van der Waals surface area contributed by atoms with Gasteiger partial charge in [-0.05, 0) is 46.0 Å². The molecule has 0 spiro atoms. The summed E-state index contributed by atoms with van der Waals surface area (Å²) >= 11 is 0. The van der Waals surface area contributed by atoms with Gasteiger partial charge < -0.3 is 19.5 Å². The third-order valence-electron chi connectivity index (χ3n) is 4.57. The first-order chi connectivity index (χ1) is 12.0. The number of likely N-dealkylation sites (N-methyl/N-ethyl adjacent to an activating group) is 1. The average Bonchev–Trinajstić information content (AvgIpc) is 2.95. The minimum Gasteiger partial charge on any atom is -0.492 e. The third-order valence-corrected chi connectivity index (χ3v) is 4.57. The van der Waals surface area contributed by atoms with E-state index in [-0.39, 0.29) is 11.8 Å². The fourth-order valence-corrected chi connectivity index (χ4v) is 3.07. The van der Waals surface area contributed by atoms with Crippen molar-refractivity contribution in [3.8, 4) is 5.75 Å². The van der Waals surface area contributed by atoms with Crippen molar-refractivity contribution in [2.24, 2.45) is 5.92 Å². The van der Waals surface area contributed by atoms with Crippen molar-refractivity contribution in [1.82, 2.24) is 14.5 Å². The van der Waals surface area contributed by atoms with E-state index in [1.807, 2.05) is 51.5 Å². The molecule has 0 fully saturated rings. The van der Waals surface area contributed by atoms with Crippen LogP contribution in [0.5, 0.6) is 5.75 Å². The number of aromatic nitrogens is 2. The number of hydrogen-bond donors (Lipinski definition) is 1. The monoisotopic (exact) mass is 342 g/mol. The van der Waals surface area contributed by atoms with Gasteiger partial charge in [-0.25, -0.2) is 4.98 Å². The van der Waals surface area contributed by atoms with Crippen molar-refractivity contribution in [2.45, 2.75) is 26.3 Å². The van der Waals surface area contributed by atoms with E-state index in [9.17, 15) is 4.79 Å². The van der Waals surface area contributed by atoms with Gasteiger partial charge in [0.1, 0.15) is 18.2 Å². The number of hydrogen-bond acceptors (Lipinski definition) is 4. The molecule has 25 heavy (non-hydrogen) atoms. The molecule has 1 amide bonds. The lowest BCUT2D eigenvalue weighted by Gasteiger charge is -2.24. The van der Waals surface area contributed by atoms with Gasteiger partial charge in [-0.1, -0.05) is 6.07 Å². The van der Waals surface area contributed by atoms with E-state index in [0.717, 1.165) is 36.6 Å². The van der Waals surface area contributed by atoms with E-state index in [1.54, 1.807) is 0 Å². The molecular weight excluding hydrogens is 316 g/mol. The number of rotatable bonds is 6. The zero-order chi connectivity index (χ0) is 17.8. The van der Waals surface area contributed by atoms with Crippen molar-refractivity contribution in [3.05, 3.63) is 42.0 Å². The molecule has 1 aliphatic heterocycles. The Kier molecular flexibility index (Phi) is 5.38. The quantitative estimate of drug-likeness (QED) is 0.875. The fourth-order valence-electron chi connectivity index (χ4n) is 3.07. The minimum atomic E-state index is -0.0290. The van der Waals surface area contributed by atoms with Crippen LogP contribution in [0.4, 0.5) is 5.69 Å². The van der Waals surface area contributed by atoms with Gasteiger partial charge in [0.05, 0.1) is 5.92 Å². The molecule has 6 heteroatoms. The van der Waals surface area contributed by atoms with Crippen LogP contribution < -0.4 is 10.1 Å². The molecule has 0 saturated heterocycles. The lowest BCUT2D eigenvalue weighted by atomic mass is 9.97. The molecule has 0 aliphatic carbocycles. The van der Waals surface area contributed by atoms with Crippen LogP contribution in [-0.2, 0) is 17.8 Å². The molecule has 0 bridgehead atoms. The van der Waals surface area contributed by atoms with Gasteiger partial charge in [0.25, 0.3) is 0 Å². The lowest BCUT2D eigenvalue weighted by Crippen LogP contribution is -2.31. The number of carbonyl (C=O) groups excluding carboxylic acids is 1. The number of nitrogens with one attached hydrogen (secondary N) is 1. The van der Waals surface area contributed by atoms with Gasteiger partial charge in [-0.3, -0.25) is 4.79 Å². The van der Waals surface area contributed by atoms with Crippen LogP contribution in [-0.4, -0.2) is 47.6 Å². The summed E-state index contributed by atoms with van der Waals surface area (Å²) < 4.78 is 7.88. The molecule has 1 N–H and O–H groups in total. The van der Waals surface area contributed by atoms with Gasteiger partial charge in [-0.2, -0.15) is 0 Å². The first-order valence-electron chi connectivity index (χ1n) is 8.72. The van der Waals surface area contributed by atoms with E-state index in [1.165, 1.54) is 5.69 Å². The topological polar surface area (TPSA) is 59.4 Å². The smallest absolute Gasteiger partial charge is 0.229 e. The standard InChI is InChI=1S/C19H26N4O2/c1-14-20-12-17-8-7-15(13-23(14)17)19(24)21-16-5-4-6-18(11-16)25-10-9-22(2)3/h4-6,11-12,15H,7-10,13H2,1-3H3,(H,21,24). The fraction of sp³-hybridized carbons (Fsp3) is 0.474. The van der Waals surface area contributed by atoms with Gasteiger partial charge in [0.15, 0.2) is 0 Å². The number of ether oxygens (including phenoxy) is 1. The van der Waals surface area contributed by atoms with E-state index < -0.39 is 0 Å². The molecule has 134 valence electrons. The number of nitrogens with zero attached hydrogens (tertiary/aromatic N) is 3. The highest BCUT2D eigenvalue weighted by molar-refractivity contribution is 5.92. The van der Waals surface area contributed by atoms with Crippen molar-refractivity contribution in [2.75, 3.05) is 32.6 Å². The zero-order valence-corrected chi connectivity index (χ0v) is 15.2. The average molecular weight is 342 g/mol. The highest BCUT2D eigenvalue weighted by Gasteiger charge is 2.25. The molecule has 0 saturated carbocycles. The Morgan fingerprint density at radius 2 is 2.28 bits per heavy atom. The van der Waals surface area contributed by atoms with Gasteiger partial charge >= 0.3 is 0 Å². The number of imidazole rings is 1. The van der Waals surface area contributed by atoms with Gasteiger partial charge in [-0.15, -0.1) is 0 Å². The Morgan fingerprint density at radius 3 is 3.08 bits per heavy atom. The molecule has 2 heterocycles. The summed E-state index contributed by atoms with van der Waals surface area (Å²) in [4.78, 5) is 19.0. The predicted octanol–water partition coefficient (Wildman–Crippen LogP) is 2.33. The molecule has 1 unspecified atom stereocenters. The van der Waals surface area contributed by atoms with Crippen molar-refractivity contribution in [3.63, 3.8) is 0 Å². The number of amides is 1. The van der Waals surface area contributed by atoms with E-state index in [4.69, 9.17) is 4.74 Å². The number of aryl methyl sites for hydroxylation is 2. The maximum atomic E-state index is 12.6. The highest BCUT2D eigenvalue weighted by atomic mass is 16.5. The molecular formula is C19H26N4O2. The SMILES string of the molecule is Cc1ncc2n1CC(C(=O)Nc1cccc(OCCN(C)C)c1)CC2. The van der Waals surface area contributed by atoms with E-state index in [2.05, 4.69) is 19.8 Å². The largest absolute Gasteiger partial charge is 0.492 e. The molecule has 1 atom stereocenters. The Morgan fingerprint density at radius 1 is 1.44 bits per heavy atom. The first kappa shape index (κ1) is 17.5. The second kappa shape index (κ2) is 7.70. The van der Waals surface area contributed by atoms with Crippen molar-refractivity contribution < 1.29 is 9.53 Å². The summed E-state index contributed by atoms with van der Waals surface area (Å²) in [6, 6.07) is 7.59. The summed E-state index contributed by atoms with van der Waals surface area (Å²) in [6.07, 6.45) is 3.67. The predicted molar refractivity (Wildman–Crippen MR) is 97.9 cm³/mol. The number of fused-ring (bicyclic) bond motifs is 1. The maximum absolute atomic E-state index is 12.6. The van der Waals surface area contributed by atoms with Gasteiger partial charge in [0, 0.05) is 36.7 Å². The van der Waals surface area contributed by atoms with Crippen LogP contribution in [0.25, 0.3) is 0 Å². The third kappa shape index (κ3) is 4.39. The van der Waals surface area contributed by atoms with Crippen LogP contribution in [0.3, 0.4) is 0 Å². The summed E-state index contributed by atoms with van der Waals surface area (Å²) in [5.41, 5.74) is 2.00. The van der Waals surface area contributed by atoms with Crippen LogP contribution in [0.1, 0.15) is 17.9 Å². The summed E-state index contributed by atoms with van der Waals surface area (Å²) in [6.45, 7) is 4.16. The second-order valence-electron chi connectivity index (χ2n) is 6.81. The normalized spacial score (nSPS) is 16.6. The molecule has 2 aromatic rings. The Bertz CT molecular complexity index is 739. The Labute approximate surface area is 148 Å². The molecule has 0 radical (unpaired) electrons. The number of carbonyl (C=O) groups is 1. The summed E-state index contributed by atoms with van der Waals surface area (Å²) in [5.74, 6) is 1.78. The lowest BCUT2D eigenvalue weighted by molar-refractivity contribution is -0.120. The maximum Gasteiger partial charge on any atom is 0.229 e. The minimum absolute atomic E-state index is 0.0290. The van der Waals surface area contributed by atoms with Crippen LogP contribution in [0.2, 0.25) is 0 Å². The Hall–Kier alpha value is -2.34. The Balaban J connectivity index is 1.59. The molecule has 1 aliphatic rings. The van der Waals surface area contributed by atoms with E-state index in [0.29, 0.717) is 13.2 Å². The van der Waals surface area contributed by atoms with Crippen molar-refractivity contribution >= 4 is 11.6 Å². The molecule has 3 rings (SSSR count). The van der Waals surface area contributed by atoms with Gasteiger partial charge in [0.2, 0.25) is 5.91 Å². The van der Waals surface area contributed by atoms with Crippen LogP contribution in [0.15, 0.2) is 30.5 Å². The van der Waals surface area contributed by atoms with Crippen LogP contribution >= 0.6 is 0 Å². The second-order valence-corrected chi connectivity index (χ2v) is 6.81. The molecule has 6 nitrogen and oxygen atoms in total. The first-order valence-corrected chi connectivity index (χ1v) is 8.72. The molecule has 1 aromatic carbocycles. The number of anilines is 1. The van der Waals surface area contributed by atoms with Crippen LogP contribution in [0, 0.1) is 12.8 Å². The molecule has 1 aromatic heterocycles. The van der Waals surface area contributed by atoms with E-state index >= 15 is 0 Å². The zero-order valence-electron chi connectivity index (χ0n) is 15.2. The summed E-state index contributed by atoms with van der Waals surface area (Å²) in [5, 5.41) is 3.03. The number of benzene rings is 1. The van der Waals surface area contributed by atoms with Crippen molar-refractivity contribution in [1.29, 1.82) is 0 Å². The summed E-state index contributed by atoms with van der Waals surface area (Å²) in [7, 11) is 4.02. The highest BCUT2D eigenvalue weighted by Crippen LogP contribution is 2.24.